The molecule has 0 radical (unpaired) electrons. The zero-order chi connectivity index (χ0) is 29.5. The Morgan fingerprint density at radius 3 is 2.63 bits per heavy atom. The zero-order valence-electron chi connectivity index (χ0n) is 23.8. The number of ether oxygens (including phenoxy) is 5. The average Bonchev–Trinajstić information content (AvgIpc) is 3.33. The molecule has 4 aliphatic rings. The van der Waals surface area contributed by atoms with Gasteiger partial charge in [-0.15, -0.1) is 0 Å². The Morgan fingerprint density at radius 2 is 1.98 bits per heavy atom. The summed E-state index contributed by atoms with van der Waals surface area (Å²) in [5, 5.41) is 41.5. The molecule has 4 N–H and O–H groups in total. The number of hydrogen-bond acceptors (Lipinski definition) is 12. The minimum absolute atomic E-state index is 0.171. The molecule has 3 fully saturated rings. The van der Waals surface area contributed by atoms with Crippen LogP contribution in [0.25, 0.3) is 0 Å². The fourth-order valence-corrected chi connectivity index (χ4v) is 6.97. The van der Waals surface area contributed by atoms with Crippen LogP contribution in [-0.2, 0) is 29.3 Å². The average molecular weight is 577 g/mol. The first kappa shape index (κ1) is 29.9. The molecule has 9 atom stereocenters. The summed E-state index contributed by atoms with van der Waals surface area (Å²) in [6, 6.07) is 5.27. The van der Waals surface area contributed by atoms with E-state index in [4.69, 9.17) is 28.7 Å². The van der Waals surface area contributed by atoms with Crippen molar-refractivity contribution in [2.45, 2.75) is 68.5 Å². The van der Waals surface area contributed by atoms with Crippen LogP contribution in [0.2, 0.25) is 0 Å². The predicted octanol–water partition coefficient (Wildman–Crippen LogP) is 0.617. The normalized spacial score (nSPS) is 37.0. The fourth-order valence-electron chi connectivity index (χ4n) is 6.97. The van der Waals surface area contributed by atoms with Crippen LogP contribution >= 0.6 is 0 Å². The minimum atomic E-state index is -1.59. The summed E-state index contributed by atoms with van der Waals surface area (Å²) in [4.78, 5) is 20.2. The number of carbonyl (C=O) groups is 1. The summed E-state index contributed by atoms with van der Waals surface area (Å²) in [5.41, 5.74) is 1.28. The topological polar surface area (TPSA) is 160 Å². The van der Waals surface area contributed by atoms with Gasteiger partial charge in [0, 0.05) is 13.1 Å². The number of aliphatic hydroxyl groups excluding tert-OH is 4. The Hall–Kier alpha value is -2.58. The van der Waals surface area contributed by atoms with Crippen molar-refractivity contribution >= 4 is 17.4 Å². The van der Waals surface area contributed by atoms with E-state index in [1.807, 2.05) is 18.2 Å². The number of esters is 1. The lowest BCUT2D eigenvalue weighted by Gasteiger charge is -2.53. The summed E-state index contributed by atoms with van der Waals surface area (Å²) in [6.07, 6.45) is -3.89. The van der Waals surface area contributed by atoms with E-state index >= 15 is 0 Å². The van der Waals surface area contributed by atoms with Gasteiger partial charge in [0.15, 0.2) is 6.29 Å². The highest BCUT2D eigenvalue weighted by Crippen LogP contribution is 2.54. The Labute approximate surface area is 239 Å². The molecular formula is C29H40N2O10. The summed E-state index contributed by atoms with van der Waals surface area (Å²) >= 11 is 0. The van der Waals surface area contributed by atoms with Crippen LogP contribution < -0.4 is 4.74 Å². The number of benzene rings is 1. The van der Waals surface area contributed by atoms with Crippen LogP contribution in [0.1, 0.15) is 31.7 Å². The van der Waals surface area contributed by atoms with E-state index in [2.05, 4.69) is 11.8 Å². The van der Waals surface area contributed by atoms with Crippen molar-refractivity contribution in [1.29, 1.82) is 0 Å². The van der Waals surface area contributed by atoms with Crippen molar-refractivity contribution < 1.29 is 48.9 Å². The van der Waals surface area contributed by atoms with Crippen LogP contribution in [0.4, 0.5) is 5.69 Å². The smallest absolute Gasteiger partial charge is 0.337 e. The molecule has 0 aromatic heterocycles. The van der Waals surface area contributed by atoms with Gasteiger partial charge in [-0.1, -0.05) is 19.4 Å². The third-order valence-corrected chi connectivity index (χ3v) is 9.06. The van der Waals surface area contributed by atoms with Gasteiger partial charge >= 0.3 is 5.97 Å². The molecule has 41 heavy (non-hydrogen) atoms. The molecular weight excluding hydrogens is 536 g/mol. The van der Waals surface area contributed by atoms with Gasteiger partial charge < -0.3 is 44.1 Å². The second-order valence-electron chi connectivity index (χ2n) is 11.1. The monoisotopic (exact) mass is 576 g/mol. The Kier molecular flexibility index (Phi) is 8.72. The summed E-state index contributed by atoms with van der Waals surface area (Å²) in [7, 11) is 4.42. The molecule has 3 saturated heterocycles. The van der Waals surface area contributed by atoms with Crippen molar-refractivity contribution in [1.82, 2.24) is 4.90 Å². The third-order valence-electron chi connectivity index (χ3n) is 9.06. The Morgan fingerprint density at radius 1 is 1.20 bits per heavy atom. The van der Waals surface area contributed by atoms with Gasteiger partial charge in [-0.3, -0.25) is 9.89 Å². The molecule has 0 aliphatic carbocycles. The van der Waals surface area contributed by atoms with E-state index in [1.165, 1.54) is 20.5 Å². The SMILES string of the molecule is CC[C@@H]1CN2CC[C@@]3(OC4OC(CO)C(O)C(O)C4O)C(=Nc4cccc(OC)c43)[C@@H]2C[C@@H]1/C(=C\OC)C(=O)OC. The van der Waals surface area contributed by atoms with E-state index in [1.54, 1.807) is 7.11 Å². The van der Waals surface area contributed by atoms with Crippen molar-refractivity contribution in [2.24, 2.45) is 16.8 Å². The van der Waals surface area contributed by atoms with Crippen molar-refractivity contribution in [3.63, 3.8) is 0 Å². The zero-order valence-corrected chi connectivity index (χ0v) is 23.8. The molecule has 5 unspecified atom stereocenters. The lowest BCUT2D eigenvalue weighted by molar-refractivity contribution is -0.322. The minimum Gasteiger partial charge on any atom is -0.504 e. The lowest BCUT2D eigenvalue weighted by atomic mass is 9.70. The van der Waals surface area contributed by atoms with Crippen molar-refractivity contribution in [3.8, 4) is 5.75 Å². The van der Waals surface area contributed by atoms with E-state index in [0.29, 0.717) is 54.2 Å². The molecule has 12 heteroatoms. The molecule has 226 valence electrons. The molecule has 1 aromatic carbocycles. The molecule has 1 aromatic rings. The maximum Gasteiger partial charge on any atom is 0.337 e. The molecule has 12 nitrogen and oxygen atoms in total. The molecule has 0 amide bonds. The van der Waals surface area contributed by atoms with Crippen molar-refractivity contribution in [3.05, 3.63) is 35.6 Å². The molecule has 4 heterocycles. The Bertz CT molecular complexity index is 1190. The first-order chi connectivity index (χ1) is 19.7. The van der Waals surface area contributed by atoms with Gasteiger partial charge in [-0.25, -0.2) is 4.79 Å². The number of aliphatic hydroxyl groups is 4. The van der Waals surface area contributed by atoms with Crippen LogP contribution in [0, 0.1) is 11.8 Å². The third kappa shape index (κ3) is 4.95. The van der Waals surface area contributed by atoms with Crippen LogP contribution in [0.15, 0.2) is 35.0 Å². The summed E-state index contributed by atoms with van der Waals surface area (Å²) in [6.45, 7) is 2.86. The van der Waals surface area contributed by atoms with Gasteiger partial charge in [0.25, 0.3) is 0 Å². The number of aliphatic imine (C=N–C) groups is 1. The van der Waals surface area contributed by atoms with Gasteiger partial charge in [0.05, 0.1) is 62.8 Å². The van der Waals surface area contributed by atoms with Gasteiger partial charge in [-0.2, -0.15) is 0 Å². The Balaban J connectivity index is 1.57. The maximum atomic E-state index is 12.8. The number of fused-ring (bicyclic) bond motifs is 5. The number of carbonyl (C=O) groups excluding carboxylic acids is 1. The van der Waals surface area contributed by atoms with Gasteiger partial charge in [0.1, 0.15) is 35.8 Å². The number of nitrogens with zero attached hydrogens (tertiary/aromatic N) is 2. The van der Waals surface area contributed by atoms with Gasteiger partial charge in [-0.05, 0) is 36.8 Å². The number of methoxy groups -OCH3 is 3. The molecule has 0 bridgehead atoms. The highest BCUT2D eigenvalue weighted by atomic mass is 16.7. The molecule has 5 rings (SSSR count). The maximum absolute atomic E-state index is 12.8. The van der Waals surface area contributed by atoms with Gasteiger partial charge in [0.2, 0.25) is 0 Å². The van der Waals surface area contributed by atoms with E-state index in [-0.39, 0.29) is 17.9 Å². The van der Waals surface area contributed by atoms with E-state index < -0.39 is 48.9 Å². The van der Waals surface area contributed by atoms with Crippen molar-refractivity contribution in [2.75, 3.05) is 41.0 Å². The lowest BCUT2D eigenvalue weighted by Crippen LogP contribution is -2.65. The quantitative estimate of drug-likeness (QED) is 0.195. The standard InChI is InChI=1S/C29H40N2O10/c1-5-15-12-31-10-9-29(41-28-25(35)24(34)23(33)21(13-32)40-28)22-18(7-6-8-20(22)38-3)30-26(29)19(31)11-16(15)17(14-37-2)27(36)39-4/h6-8,14-16,19,21,23-25,28,32-35H,5,9-13H2,1-4H3/b17-14+/t15-,16+,19+,21?,23?,24?,25?,28?,29+/m1/s1. The summed E-state index contributed by atoms with van der Waals surface area (Å²) < 4.78 is 28.6. The number of rotatable bonds is 8. The van der Waals surface area contributed by atoms with Crippen LogP contribution in [0.3, 0.4) is 0 Å². The highest BCUT2D eigenvalue weighted by molar-refractivity contribution is 6.05. The second kappa shape index (κ2) is 12.0. The van der Waals surface area contributed by atoms with Crippen LogP contribution in [0.5, 0.6) is 5.75 Å². The first-order valence-corrected chi connectivity index (χ1v) is 14.0. The van der Waals surface area contributed by atoms with E-state index in [0.717, 1.165) is 6.42 Å². The molecule has 0 spiro atoms. The largest absolute Gasteiger partial charge is 0.504 e. The number of piperidine rings is 2. The van der Waals surface area contributed by atoms with Crippen LogP contribution in [-0.4, -0.2) is 115 Å². The first-order valence-electron chi connectivity index (χ1n) is 14.0. The fraction of sp³-hybridized carbons (Fsp3) is 0.655. The molecule has 0 saturated carbocycles. The predicted molar refractivity (Wildman–Crippen MR) is 146 cm³/mol. The highest BCUT2D eigenvalue weighted by Gasteiger charge is 2.58. The van der Waals surface area contributed by atoms with E-state index in [9.17, 15) is 25.2 Å². The second-order valence-corrected chi connectivity index (χ2v) is 11.1. The molecule has 4 aliphatic heterocycles. The summed E-state index contributed by atoms with van der Waals surface area (Å²) in [5.74, 6) is 0.101. The number of hydrogen-bond donors (Lipinski definition) is 4.